The van der Waals surface area contributed by atoms with Gasteiger partial charge in [0.1, 0.15) is 5.92 Å². The first-order valence-electron chi connectivity index (χ1n) is 5.77. The van der Waals surface area contributed by atoms with Gasteiger partial charge in [0.25, 0.3) is 0 Å². The van der Waals surface area contributed by atoms with Crippen molar-refractivity contribution >= 4 is 33.0 Å². The molecule has 0 N–H and O–H groups in total. The van der Waals surface area contributed by atoms with E-state index in [0.29, 0.717) is 18.5 Å². The van der Waals surface area contributed by atoms with Crippen molar-refractivity contribution in [2.24, 2.45) is 0 Å². The lowest BCUT2D eigenvalue weighted by atomic mass is 9.97. The number of nitrogens with zero attached hydrogens (tertiary/aromatic N) is 2. The van der Waals surface area contributed by atoms with E-state index in [1.54, 1.807) is 35.7 Å². The molecular formula is C14H11BrN2OS. The summed E-state index contributed by atoms with van der Waals surface area (Å²) in [5, 5.41) is 11.1. The van der Waals surface area contributed by atoms with Gasteiger partial charge in [-0.25, -0.2) is 0 Å². The molecule has 0 aromatic carbocycles. The molecule has 0 aliphatic rings. The normalized spacial score (nSPS) is 11.8. The molecule has 2 aromatic rings. The predicted molar refractivity (Wildman–Crippen MR) is 77.9 cm³/mol. The quantitative estimate of drug-likeness (QED) is 0.837. The van der Waals surface area contributed by atoms with Crippen LogP contribution in [-0.4, -0.2) is 10.8 Å². The molecular weight excluding hydrogens is 324 g/mol. The maximum absolute atomic E-state index is 12.1. The fraction of sp³-hybridized carbons (Fsp3) is 0.214. The van der Waals surface area contributed by atoms with Crippen molar-refractivity contribution in [1.82, 2.24) is 4.98 Å². The largest absolute Gasteiger partial charge is 0.298 e. The number of carbonyl (C=O) groups is 1. The number of hydrogen-bond donors (Lipinski definition) is 0. The fourth-order valence-corrected chi connectivity index (χ4v) is 3.18. The van der Waals surface area contributed by atoms with Crippen LogP contribution in [0.25, 0.3) is 0 Å². The molecule has 0 amide bonds. The molecule has 2 aromatic heterocycles. The highest BCUT2D eigenvalue weighted by molar-refractivity contribution is 9.10. The molecule has 0 fully saturated rings. The second-order valence-corrected chi connectivity index (χ2v) is 5.93. The van der Waals surface area contributed by atoms with Crippen molar-refractivity contribution in [3.8, 4) is 6.07 Å². The standard InChI is InChI=1S/C14H11BrN2OS/c15-10-7-11(19-9-10)4-5-14(18)12(8-16)13-3-1-2-6-17-13/h1-3,6-7,9,12H,4-5H2/t12-/m1/s1. The molecule has 0 saturated carbocycles. The highest BCUT2D eigenvalue weighted by atomic mass is 79.9. The number of pyridine rings is 1. The second-order valence-electron chi connectivity index (χ2n) is 4.01. The van der Waals surface area contributed by atoms with Crippen LogP contribution in [0.2, 0.25) is 0 Å². The van der Waals surface area contributed by atoms with Gasteiger partial charge in [0.15, 0.2) is 5.78 Å². The molecule has 19 heavy (non-hydrogen) atoms. The Labute approximate surface area is 124 Å². The molecule has 0 unspecified atom stereocenters. The van der Waals surface area contributed by atoms with Gasteiger partial charge in [0.05, 0.1) is 11.8 Å². The van der Waals surface area contributed by atoms with Crippen molar-refractivity contribution in [1.29, 1.82) is 5.26 Å². The number of halogens is 1. The highest BCUT2D eigenvalue weighted by Gasteiger charge is 2.20. The van der Waals surface area contributed by atoms with E-state index in [4.69, 9.17) is 5.26 Å². The number of hydrogen-bond acceptors (Lipinski definition) is 4. The number of rotatable bonds is 5. The third-order valence-electron chi connectivity index (χ3n) is 2.67. The zero-order valence-corrected chi connectivity index (χ0v) is 12.4. The minimum Gasteiger partial charge on any atom is -0.298 e. The molecule has 0 aliphatic heterocycles. The SMILES string of the molecule is N#C[C@@H](C(=O)CCc1cc(Br)cs1)c1ccccn1. The van der Waals surface area contributed by atoms with Crippen LogP contribution >= 0.6 is 27.3 Å². The van der Waals surface area contributed by atoms with Crippen LogP contribution in [-0.2, 0) is 11.2 Å². The lowest BCUT2D eigenvalue weighted by Gasteiger charge is -2.06. The summed E-state index contributed by atoms with van der Waals surface area (Å²) in [4.78, 5) is 17.3. The molecule has 2 rings (SSSR count). The number of aryl methyl sites for hydroxylation is 1. The third kappa shape index (κ3) is 3.72. The van der Waals surface area contributed by atoms with Crippen LogP contribution in [0.15, 0.2) is 40.3 Å². The Balaban J connectivity index is 2.00. The van der Waals surface area contributed by atoms with Gasteiger partial charge in [-0.1, -0.05) is 6.07 Å². The summed E-state index contributed by atoms with van der Waals surface area (Å²) in [7, 11) is 0. The van der Waals surface area contributed by atoms with Crippen molar-refractivity contribution in [3.05, 3.63) is 50.9 Å². The Morgan fingerprint density at radius 3 is 2.95 bits per heavy atom. The van der Waals surface area contributed by atoms with Gasteiger partial charge < -0.3 is 0 Å². The van der Waals surface area contributed by atoms with Crippen LogP contribution < -0.4 is 0 Å². The first-order chi connectivity index (χ1) is 9.20. The van der Waals surface area contributed by atoms with Gasteiger partial charge in [0, 0.05) is 27.3 Å². The summed E-state index contributed by atoms with van der Waals surface area (Å²) < 4.78 is 1.03. The van der Waals surface area contributed by atoms with Gasteiger partial charge in [-0.3, -0.25) is 9.78 Å². The van der Waals surface area contributed by atoms with E-state index in [1.165, 1.54) is 0 Å². The van der Waals surface area contributed by atoms with Crippen molar-refractivity contribution in [2.75, 3.05) is 0 Å². The first kappa shape index (κ1) is 13.9. The van der Waals surface area contributed by atoms with E-state index in [9.17, 15) is 4.79 Å². The van der Waals surface area contributed by atoms with Crippen LogP contribution in [0.1, 0.15) is 22.9 Å². The summed E-state index contributed by atoms with van der Waals surface area (Å²) in [6.45, 7) is 0. The molecule has 3 nitrogen and oxygen atoms in total. The summed E-state index contributed by atoms with van der Waals surface area (Å²) in [6, 6.07) is 9.32. The molecule has 0 spiro atoms. The number of Topliss-reactive ketones (excluding diaryl/α,β-unsaturated/α-hetero) is 1. The van der Waals surface area contributed by atoms with E-state index in [1.807, 2.05) is 17.5 Å². The van der Waals surface area contributed by atoms with Crippen molar-refractivity contribution in [2.45, 2.75) is 18.8 Å². The number of aromatic nitrogens is 1. The molecule has 0 radical (unpaired) electrons. The van der Waals surface area contributed by atoms with Gasteiger partial charge in [-0.2, -0.15) is 5.26 Å². The Kier molecular flexibility index (Phi) is 4.83. The van der Waals surface area contributed by atoms with Crippen LogP contribution in [0.5, 0.6) is 0 Å². The molecule has 0 bridgehead atoms. The van der Waals surface area contributed by atoms with E-state index in [2.05, 4.69) is 20.9 Å². The van der Waals surface area contributed by atoms with Crippen molar-refractivity contribution in [3.63, 3.8) is 0 Å². The zero-order valence-electron chi connectivity index (χ0n) is 10.0. The van der Waals surface area contributed by atoms with E-state index >= 15 is 0 Å². The van der Waals surface area contributed by atoms with Gasteiger partial charge in [0.2, 0.25) is 0 Å². The smallest absolute Gasteiger partial charge is 0.156 e. The van der Waals surface area contributed by atoms with Crippen LogP contribution in [0, 0.1) is 11.3 Å². The monoisotopic (exact) mass is 334 g/mol. The molecule has 1 atom stereocenters. The van der Waals surface area contributed by atoms with Crippen molar-refractivity contribution < 1.29 is 4.79 Å². The molecule has 2 heterocycles. The Morgan fingerprint density at radius 1 is 1.53 bits per heavy atom. The minimum atomic E-state index is -0.760. The average molecular weight is 335 g/mol. The average Bonchev–Trinajstić information content (AvgIpc) is 2.84. The Hall–Kier alpha value is -1.51. The third-order valence-corrected chi connectivity index (χ3v) is 4.43. The summed E-state index contributed by atoms with van der Waals surface area (Å²) in [5.41, 5.74) is 0.530. The fourth-order valence-electron chi connectivity index (χ4n) is 1.73. The van der Waals surface area contributed by atoms with Gasteiger partial charge in [-0.05, 0) is 40.5 Å². The van der Waals surface area contributed by atoms with Gasteiger partial charge in [-0.15, -0.1) is 11.3 Å². The number of carbonyl (C=O) groups excluding carboxylic acids is 1. The number of thiophene rings is 1. The summed E-state index contributed by atoms with van der Waals surface area (Å²) >= 11 is 4.99. The predicted octanol–water partition coefficient (Wildman–Crippen LogP) is 3.71. The summed E-state index contributed by atoms with van der Waals surface area (Å²) in [5.74, 6) is -0.838. The van der Waals surface area contributed by atoms with Crippen LogP contribution in [0.3, 0.4) is 0 Å². The second kappa shape index (κ2) is 6.60. The first-order valence-corrected chi connectivity index (χ1v) is 7.44. The zero-order chi connectivity index (χ0) is 13.7. The van der Waals surface area contributed by atoms with Crippen LogP contribution in [0.4, 0.5) is 0 Å². The molecule has 5 heteroatoms. The van der Waals surface area contributed by atoms with E-state index in [0.717, 1.165) is 9.35 Å². The van der Waals surface area contributed by atoms with E-state index in [-0.39, 0.29) is 5.78 Å². The number of ketones is 1. The maximum atomic E-state index is 12.1. The van der Waals surface area contributed by atoms with E-state index < -0.39 is 5.92 Å². The molecule has 0 aliphatic carbocycles. The number of nitriles is 1. The highest BCUT2D eigenvalue weighted by Crippen LogP contribution is 2.22. The lowest BCUT2D eigenvalue weighted by Crippen LogP contribution is -2.12. The molecule has 96 valence electrons. The van der Waals surface area contributed by atoms with Gasteiger partial charge >= 0.3 is 0 Å². The Bertz CT molecular complexity index is 603. The maximum Gasteiger partial charge on any atom is 0.156 e. The summed E-state index contributed by atoms with van der Waals surface area (Å²) in [6.07, 6.45) is 2.63. The Morgan fingerprint density at radius 2 is 2.37 bits per heavy atom. The minimum absolute atomic E-state index is 0.0780. The molecule has 0 saturated heterocycles. The topological polar surface area (TPSA) is 53.8 Å². The lowest BCUT2D eigenvalue weighted by molar-refractivity contribution is -0.119.